The lowest BCUT2D eigenvalue weighted by atomic mass is 9.36. The van der Waals surface area contributed by atoms with Gasteiger partial charge in [0.2, 0.25) is 0 Å². The first-order valence-corrected chi connectivity index (χ1v) is 8.95. The summed E-state index contributed by atoms with van der Waals surface area (Å²) < 4.78 is 5.44. The molecule has 138 valence electrons. The predicted molar refractivity (Wildman–Crippen MR) is 99.7 cm³/mol. The summed E-state index contributed by atoms with van der Waals surface area (Å²) in [4.78, 5) is 23.5. The summed E-state index contributed by atoms with van der Waals surface area (Å²) in [6.45, 7) is 10.4. The number of ether oxygens (including phenoxy) is 1. The molecule has 0 radical (unpaired) electrons. The van der Waals surface area contributed by atoms with Crippen LogP contribution in [0.4, 0.5) is 5.69 Å². The molecule has 2 aliphatic carbocycles. The number of nitro groups is 1. The fourth-order valence-electron chi connectivity index (χ4n) is 5.65. The molecule has 1 saturated carbocycles. The zero-order valence-corrected chi connectivity index (χ0v) is 15.9. The Bertz CT molecular complexity index is 823. The maximum absolute atomic E-state index is 13.0. The summed E-state index contributed by atoms with van der Waals surface area (Å²) in [6.07, 6.45) is 4.37. The average molecular weight is 355 g/mol. The van der Waals surface area contributed by atoms with E-state index in [4.69, 9.17) is 4.74 Å². The fourth-order valence-corrected chi connectivity index (χ4v) is 5.65. The zero-order chi connectivity index (χ0) is 19.3. The molecule has 0 saturated heterocycles. The largest absolute Gasteiger partial charge is 0.466 e. The van der Waals surface area contributed by atoms with Crippen molar-refractivity contribution in [2.24, 2.45) is 16.7 Å². The molecule has 0 heterocycles. The number of fused-ring (bicyclic) bond motifs is 1. The summed E-state index contributed by atoms with van der Waals surface area (Å²) in [5, 5.41) is 11.0. The summed E-state index contributed by atoms with van der Waals surface area (Å²) in [6, 6.07) is 6.58. The lowest BCUT2D eigenvalue weighted by molar-refractivity contribution is -0.384. The highest BCUT2D eigenvalue weighted by molar-refractivity contribution is 5.82. The maximum Gasteiger partial charge on any atom is 0.313 e. The highest BCUT2D eigenvalue weighted by atomic mass is 16.6. The van der Waals surface area contributed by atoms with Crippen molar-refractivity contribution < 1.29 is 14.5 Å². The smallest absolute Gasteiger partial charge is 0.313 e. The van der Waals surface area contributed by atoms with Crippen molar-refractivity contribution >= 4 is 11.7 Å². The van der Waals surface area contributed by atoms with E-state index < -0.39 is 10.3 Å². The first kappa shape index (κ1) is 18.4. The van der Waals surface area contributed by atoms with Crippen LogP contribution in [-0.2, 0) is 9.53 Å². The molecule has 5 nitrogen and oxygen atoms in total. The Hall–Kier alpha value is -2.43. The van der Waals surface area contributed by atoms with Crippen LogP contribution in [0.15, 0.2) is 47.6 Å². The zero-order valence-electron chi connectivity index (χ0n) is 15.9. The van der Waals surface area contributed by atoms with Crippen molar-refractivity contribution in [3.63, 3.8) is 0 Å². The first-order valence-electron chi connectivity index (χ1n) is 8.95. The first-order chi connectivity index (χ1) is 12.2. The van der Waals surface area contributed by atoms with Crippen LogP contribution in [0.3, 0.4) is 0 Å². The standard InChI is InChI=1S/C21H25NO4/c1-6-26-19(23)21(5)17-14(3)11-13(2)12-20(17,4)18(21)15-7-9-16(10-8-15)22(24)25/h7-12,17-18H,6H2,1-5H3/t17-,18-,20+,21+/m1/s1. The van der Waals surface area contributed by atoms with Gasteiger partial charge in [0.25, 0.3) is 5.69 Å². The van der Waals surface area contributed by atoms with Gasteiger partial charge in [0.1, 0.15) is 0 Å². The second-order valence-electron chi connectivity index (χ2n) is 7.86. The van der Waals surface area contributed by atoms with Gasteiger partial charge in [-0.1, -0.05) is 42.4 Å². The average Bonchev–Trinajstić information content (AvgIpc) is 2.53. The number of esters is 1. The minimum absolute atomic E-state index is 0.0536. The van der Waals surface area contributed by atoms with Gasteiger partial charge in [-0.05, 0) is 33.3 Å². The van der Waals surface area contributed by atoms with Gasteiger partial charge in [-0.3, -0.25) is 14.9 Å². The van der Waals surface area contributed by atoms with Gasteiger partial charge in [-0.25, -0.2) is 0 Å². The summed E-state index contributed by atoms with van der Waals surface area (Å²) in [5.74, 6) is -0.247. The maximum atomic E-state index is 13.0. The van der Waals surface area contributed by atoms with Crippen LogP contribution in [0.1, 0.15) is 46.1 Å². The monoisotopic (exact) mass is 355 g/mol. The summed E-state index contributed by atoms with van der Waals surface area (Å²) >= 11 is 0. The van der Waals surface area contributed by atoms with Gasteiger partial charge in [0.05, 0.1) is 16.9 Å². The second kappa shape index (κ2) is 6.08. The van der Waals surface area contributed by atoms with Crippen LogP contribution in [0, 0.1) is 26.9 Å². The Morgan fingerprint density at radius 3 is 2.35 bits per heavy atom. The van der Waals surface area contributed by atoms with E-state index in [0.717, 1.165) is 5.56 Å². The molecule has 0 N–H and O–H groups in total. The van der Waals surface area contributed by atoms with Crippen LogP contribution in [0.5, 0.6) is 0 Å². The molecular formula is C21H25NO4. The predicted octanol–water partition coefficient (Wildman–Crippen LogP) is 4.79. The summed E-state index contributed by atoms with van der Waals surface area (Å²) in [5.41, 5.74) is 2.43. The van der Waals surface area contributed by atoms with E-state index >= 15 is 0 Å². The van der Waals surface area contributed by atoms with Crippen molar-refractivity contribution in [2.45, 2.75) is 40.5 Å². The Morgan fingerprint density at radius 2 is 1.81 bits per heavy atom. The van der Waals surface area contributed by atoms with Crippen molar-refractivity contribution in [3.8, 4) is 0 Å². The lowest BCUT2D eigenvalue weighted by Crippen LogP contribution is -2.64. The summed E-state index contributed by atoms with van der Waals surface area (Å²) in [7, 11) is 0. The van der Waals surface area contributed by atoms with Crippen LogP contribution >= 0.6 is 0 Å². The Morgan fingerprint density at radius 1 is 1.19 bits per heavy atom. The molecule has 0 unspecified atom stereocenters. The molecule has 5 heteroatoms. The highest BCUT2D eigenvalue weighted by Crippen LogP contribution is 2.72. The van der Waals surface area contributed by atoms with Gasteiger partial charge < -0.3 is 4.74 Å². The van der Waals surface area contributed by atoms with Crippen LogP contribution < -0.4 is 0 Å². The van der Waals surface area contributed by atoms with E-state index in [2.05, 4.69) is 32.9 Å². The molecule has 0 amide bonds. The SMILES string of the molecule is CCOC(=O)[C@@]1(C)[C@@H]2C(C)=CC(C)=C[C@]2(C)[C@H]1c1ccc([N+](=O)[O-])cc1. The highest BCUT2D eigenvalue weighted by Gasteiger charge is 2.70. The minimum Gasteiger partial charge on any atom is -0.466 e. The Labute approximate surface area is 153 Å². The van der Waals surface area contributed by atoms with Crippen molar-refractivity contribution in [1.29, 1.82) is 0 Å². The molecular weight excluding hydrogens is 330 g/mol. The van der Waals surface area contributed by atoms with Gasteiger partial charge >= 0.3 is 5.97 Å². The Kier molecular flexibility index (Phi) is 4.29. The topological polar surface area (TPSA) is 69.4 Å². The number of benzene rings is 1. The van der Waals surface area contributed by atoms with Gasteiger partial charge in [-0.2, -0.15) is 0 Å². The molecule has 3 rings (SSSR count). The third kappa shape index (κ3) is 2.41. The number of rotatable bonds is 4. The number of allylic oxidation sites excluding steroid dienone is 4. The third-order valence-corrected chi connectivity index (χ3v) is 6.05. The minimum atomic E-state index is -0.696. The van der Waals surface area contributed by atoms with Crippen molar-refractivity contribution in [3.05, 3.63) is 63.2 Å². The van der Waals surface area contributed by atoms with Crippen LogP contribution in [0.25, 0.3) is 0 Å². The van der Waals surface area contributed by atoms with E-state index in [-0.39, 0.29) is 28.9 Å². The number of carbonyl (C=O) groups is 1. The number of hydrogen-bond acceptors (Lipinski definition) is 4. The normalized spacial score (nSPS) is 32.7. The second-order valence-corrected chi connectivity index (χ2v) is 7.86. The lowest BCUT2D eigenvalue weighted by Gasteiger charge is -2.66. The molecule has 4 atom stereocenters. The number of carbonyl (C=O) groups excluding carboxylic acids is 1. The molecule has 1 aromatic rings. The van der Waals surface area contributed by atoms with Crippen LogP contribution in [-0.4, -0.2) is 17.5 Å². The molecule has 2 aliphatic rings. The van der Waals surface area contributed by atoms with E-state index in [9.17, 15) is 14.9 Å². The van der Waals surface area contributed by atoms with Crippen molar-refractivity contribution in [2.75, 3.05) is 6.61 Å². The molecule has 1 aromatic carbocycles. The molecule has 0 aromatic heterocycles. The molecule has 0 spiro atoms. The fraction of sp³-hybridized carbons (Fsp3) is 0.476. The quantitative estimate of drug-likeness (QED) is 0.442. The van der Waals surface area contributed by atoms with E-state index in [0.29, 0.717) is 6.61 Å². The van der Waals surface area contributed by atoms with Crippen LogP contribution in [0.2, 0.25) is 0 Å². The number of non-ortho nitro benzene ring substituents is 1. The van der Waals surface area contributed by atoms with Gasteiger partial charge in [-0.15, -0.1) is 0 Å². The van der Waals surface area contributed by atoms with E-state index in [1.165, 1.54) is 23.3 Å². The van der Waals surface area contributed by atoms with Gasteiger partial charge in [0, 0.05) is 29.4 Å². The molecule has 1 fully saturated rings. The number of nitrogens with zero attached hydrogens (tertiary/aromatic N) is 1. The van der Waals surface area contributed by atoms with Crippen molar-refractivity contribution in [1.82, 2.24) is 0 Å². The molecule has 0 bridgehead atoms. The number of hydrogen-bond donors (Lipinski definition) is 0. The van der Waals surface area contributed by atoms with Gasteiger partial charge in [0.15, 0.2) is 0 Å². The Balaban J connectivity index is 2.11. The number of nitro benzene ring substituents is 1. The molecule has 26 heavy (non-hydrogen) atoms. The third-order valence-electron chi connectivity index (χ3n) is 6.05. The molecule has 0 aliphatic heterocycles. The van der Waals surface area contributed by atoms with E-state index in [1.54, 1.807) is 12.1 Å². The van der Waals surface area contributed by atoms with E-state index in [1.807, 2.05) is 13.8 Å².